The lowest BCUT2D eigenvalue weighted by Crippen LogP contribution is -2.30. The fourth-order valence-corrected chi connectivity index (χ4v) is 2.00. The summed E-state index contributed by atoms with van der Waals surface area (Å²) in [5.41, 5.74) is 0.738. The van der Waals surface area contributed by atoms with E-state index in [-0.39, 0.29) is 6.10 Å². The van der Waals surface area contributed by atoms with Gasteiger partial charge in [0.2, 0.25) is 0 Å². The maximum Gasteiger partial charge on any atom is 0.338 e. The lowest BCUT2D eigenvalue weighted by molar-refractivity contribution is -0.123. The van der Waals surface area contributed by atoms with Crippen molar-refractivity contribution in [1.82, 2.24) is 0 Å². The minimum absolute atomic E-state index is 0.0352. The number of hydrogen-bond donors (Lipinski definition) is 1. The first-order valence-corrected chi connectivity index (χ1v) is 7.89. The van der Waals surface area contributed by atoms with E-state index in [1.807, 2.05) is 13.8 Å². The fraction of sp³-hybridized carbons (Fsp3) is 0.263. The Hall–Kier alpha value is -2.89. The predicted molar refractivity (Wildman–Crippen MR) is 92.1 cm³/mol. The Bertz CT molecular complexity index is 726. The summed E-state index contributed by atoms with van der Waals surface area (Å²) in [4.78, 5) is 24.1. The van der Waals surface area contributed by atoms with E-state index in [4.69, 9.17) is 9.47 Å². The van der Waals surface area contributed by atoms with Crippen molar-refractivity contribution >= 4 is 17.6 Å². The molecule has 0 radical (unpaired) electrons. The van der Waals surface area contributed by atoms with E-state index in [1.165, 1.54) is 31.2 Å². The van der Waals surface area contributed by atoms with E-state index >= 15 is 0 Å². The van der Waals surface area contributed by atoms with Crippen LogP contribution in [0.5, 0.6) is 5.75 Å². The lowest BCUT2D eigenvalue weighted by Gasteiger charge is -2.14. The number of benzene rings is 2. The molecule has 0 saturated heterocycles. The molecule has 2 aromatic carbocycles. The molecule has 0 aromatic heterocycles. The van der Waals surface area contributed by atoms with Crippen molar-refractivity contribution in [2.45, 2.75) is 33.0 Å². The van der Waals surface area contributed by atoms with Crippen LogP contribution in [0.25, 0.3) is 0 Å². The van der Waals surface area contributed by atoms with Gasteiger partial charge in [-0.1, -0.05) is 0 Å². The summed E-state index contributed by atoms with van der Waals surface area (Å²) >= 11 is 0. The predicted octanol–water partition coefficient (Wildman–Crippen LogP) is 3.80. The van der Waals surface area contributed by atoms with Crippen molar-refractivity contribution in [2.75, 3.05) is 5.32 Å². The zero-order chi connectivity index (χ0) is 18.4. The van der Waals surface area contributed by atoms with Crippen LogP contribution < -0.4 is 10.1 Å². The van der Waals surface area contributed by atoms with Crippen LogP contribution in [0.2, 0.25) is 0 Å². The maximum atomic E-state index is 12.8. The van der Waals surface area contributed by atoms with Gasteiger partial charge in [0, 0.05) is 5.69 Å². The molecule has 2 rings (SSSR count). The first kappa shape index (κ1) is 18.4. The Kier molecular flexibility index (Phi) is 6.11. The summed E-state index contributed by atoms with van der Waals surface area (Å²) in [7, 11) is 0. The fourth-order valence-electron chi connectivity index (χ4n) is 2.00. The van der Waals surface area contributed by atoms with Gasteiger partial charge in [-0.2, -0.15) is 0 Å². The second-order valence-corrected chi connectivity index (χ2v) is 5.73. The number of amides is 1. The summed E-state index contributed by atoms with van der Waals surface area (Å²) in [5, 5.41) is 2.55. The van der Waals surface area contributed by atoms with Gasteiger partial charge in [-0.15, -0.1) is 0 Å². The molecule has 2 aromatic rings. The van der Waals surface area contributed by atoms with E-state index in [1.54, 1.807) is 24.3 Å². The van der Waals surface area contributed by atoms with Gasteiger partial charge >= 0.3 is 5.97 Å². The Morgan fingerprint density at radius 3 is 2.12 bits per heavy atom. The molecule has 0 aliphatic heterocycles. The average molecular weight is 345 g/mol. The smallest absolute Gasteiger partial charge is 0.338 e. The number of halogens is 1. The number of nitrogens with one attached hydrogen (secondary N) is 1. The standard InChI is InChI=1S/C19H20FNO4/c1-12(2)24-17-10-4-14(5-11-17)19(23)25-13(3)18(22)21-16-8-6-15(20)7-9-16/h4-13H,1-3H3,(H,21,22)/t13-/m0/s1. The molecule has 0 aliphatic rings. The van der Waals surface area contributed by atoms with Crippen molar-refractivity contribution in [3.8, 4) is 5.75 Å². The van der Waals surface area contributed by atoms with Crippen LogP contribution in [0.4, 0.5) is 10.1 Å². The zero-order valence-electron chi connectivity index (χ0n) is 14.3. The normalized spacial score (nSPS) is 11.7. The van der Waals surface area contributed by atoms with E-state index < -0.39 is 23.8 Å². The number of esters is 1. The van der Waals surface area contributed by atoms with Crippen molar-refractivity contribution in [3.63, 3.8) is 0 Å². The van der Waals surface area contributed by atoms with Crippen molar-refractivity contribution in [2.24, 2.45) is 0 Å². The number of hydrogen-bond acceptors (Lipinski definition) is 4. The first-order valence-electron chi connectivity index (χ1n) is 7.89. The minimum atomic E-state index is -0.996. The van der Waals surface area contributed by atoms with Crippen LogP contribution in [0.3, 0.4) is 0 Å². The summed E-state index contributed by atoms with van der Waals surface area (Å²) in [6.07, 6.45) is -0.961. The molecule has 0 spiro atoms. The van der Waals surface area contributed by atoms with E-state index in [0.717, 1.165) is 0 Å². The van der Waals surface area contributed by atoms with Gasteiger partial charge in [0.15, 0.2) is 6.10 Å². The topological polar surface area (TPSA) is 64.6 Å². The summed E-state index contributed by atoms with van der Waals surface area (Å²) in [6, 6.07) is 11.8. The molecule has 1 N–H and O–H groups in total. The number of anilines is 1. The summed E-state index contributed by atoms with van der Waals surface area (Å²) < 4.78 is 23.5. The molecule has 1 atom stereocenters. The van der Waals surface area contributed by atoms with Gasteiger partial charge in [-0.3, -0.25) is 4.79 Å². The first-order chi connectivity index (χ1) is 11.8. The van der Waals surface area contributed by atoms with E-state index in [0.29, 0.717) is 17.0 Å². The lowest BCUT2D eigenvalue weighted by atomic mass is 10.2. The Morgan fingerprint density at radius 1 is 0.960 bits per heavy atom. The molecule has 0 heterocycles. The largest absolute Gasteiger partial charge is 0.491 e. The molecule has 25 heavy (non-hydrogen) atoms. The van der Waals surface area contributed by atoms with Crippen LogP contribution in [-0.2, 0) is 9.53 Å². The average Bonchev–Trinajstić information content (AvgIpc) is 2.57. The highest BCUT2D eigenvalue weighted by molar-refractivity contribution is 5.97. The highest BCUT2D eigenvalue weighted by atomic mass is 19.1. The molecule has 0 unspecified atom stereocenters. The number of ether oxygens (including phenoxy) is 2. The van der Waals surface area contributed by atoms with Crippen molar-refractivity contribution in [1.29, 1.82) is 0 Å². The molecule has 0 fully saturated rings. The molecule has 5 nitrogen and oxygen atoms in total. The highest BCUT2D eigenvalue weighted by Crippen LogP contribution is 2.15. The highest BCUT2D eigenvalue weighted by Gasteiger charge is 2.19. The molecule has 6 heteroatoms. The van der Waals surface area contributed by atoms with Crippen LogP contribution in [0, 0.1) is 5.82 Å². The Labute approximate surface area is 145 Å². The monoisotopic (exact) mass is 345 g/mol. The Morgan fingerprint density at radius 2 is 1.56 bits per heavy atom. The molecule has 0 bridgehead atoms. The van der Waals surface area contributed by atoms with E-state index in [2.05, 4.69) is 5.32 Å². The summed E-state index contributed by atoms with van der Waals surface area (Å²) in [5.74, 6) is -0.867. The van der Waals surface area contributed by atoms with Gasteiger partial charge in [0.25, 0.3) is 5.91 Å². The van der Waals surface area contributed by atoms with Crippen molar-refractivity contribution < 1.29 is 23.5 Å². The van der Waals surface area contributed by atoms with Crippen LogP contribution in [0.15, 0.2) is 48.5 Å². The molecular formula is C19H20FNO4. The van der Waals surface area contributed by atoms with Crippen LogP contribution in [-0.4, -0.2) is 24.1 Å². The minimum Gasteiger partial charge on any atom is -0.491 e. The second-order valence-electron chi connectivity index (χ2n) is 5.73. The maximum absolute atomic E-state index is 12.8. The SMILES string of the molecule is CC(C)Oc1ccc(C(=O)O[C@@H](C)C(=O)Nc2ccc(F)cc2)cc1. The van der Waals surface area contributed by atoms with Gasteiger partial charge in [-0.05, 0) is 69.3 Å². The molecule has 132 valence electrons. The van der Waals surface area contributed by atoms with Gasteiger partial charge in [-0.25, -0.2) is 9.18 Å². The van der Waals surface area contributed by atoms with E-state index in [9.17, 15) is 14.0 Å². The molecule has 1 amide bonds. The third-order valence-corrected chi connectivity index (χ3v) is 3.23. The third-order valence-electron chi connectivity index (χ3n) is 3.23. The number of rotatable bonds is 6. The van der Waals surface area contributed by atoms with Crippen LogP contribution in [0.1, 0.15) is 31.1 Å². The molecular weight excluding hydrogens is 325 g/mol. The number of carbonyl (C=O) groups is 2. The van der Waals surface area contributed by atoms with Gasteiger partial charge in [0.1, 0.15) is 11.6 Å². The molecule has 0 saturated carbocycles. The second kappa shape index (κ2) is 8.28. The molecule has 0 aliphatic carbocycles. The number of carbonyl (C=O) groups excluding carboxylic acids is 2. The van der Waals surface area contributed by atoms with Gasteiger partial charge < -0.3 is 14.8 Å². The summed E-state index contributed by atoms with van der Waals surface area (Å²) in [6.45, 7) is 5.28. The van der Waals surface area contributed by atoms with Gasteiger partial charge in [0.05, 0.1) is 11.7 Å². The third kappa shape index (κ3) is 5.60. The quantitative estimate of drug-likeness (QED) is 0.809. The van der Waals surface area contributed by atoms with Crippen LogP contribution >= 0.6 is 0 Å². The van der Waals surface area contributed by atoms with Crippen molar-refractivity contribution in [3.05, 3.63) is 59.9 Å². The Balaban J connectivity index is 1.92. The zero-order valence-corrected chi connectivity index (χ0v) is 14.3.